The summed E-state index contributed by atoms with van der Waals surface area (Å²) in [5, 5.41) is 10.5. The van der Waals surface area contributed by atoms with Gasteiger partial charge in [-0.25, -0.2) is 4.57 Å². The molecule has 0 fully saturated rings. The number of benzene rings is 1. The molecule has 1 aromatic heterocycles. The van der Waals surface area contributed by atoms with E-state index in [9.17, 15) is 10.1 Å². The van der Waals surface area contributed by atoms with Crippen LogP contribution in [0.5, 0.6) is 0 Å². The van der Waals surface area contributed by atoms with Gasteiger partial charge >= 0.3 is 0 Å². The molecule has 5 heteroatoms. The monoisotopic (exact) mass is 342 g/mol. The second-order valence-corrected chi connectivity index (χ2v) is 3.56. The van der Waals surface area contributed by atoms with Crippen LogP contribution in [0.25, 0.3) is 11.1 Å². The third-order valence-corrected chi connectivity index (χ3v) is 2.39. The van der Waals surface area contributed by atoms with Gasteiger partial charge in [0.25, 0.3) is 5.69 Å². The summed E-state index contributed by atoms with van der Waals surface area (Å²) in [4.78, 5) is 10.1. The number of aryl methyl sites for hydroxylation is 1. The number of nitro benzene ring substituents is 1. The predicted octanol–water partition coefficient (Wildman–Crippen LogP) is -0.910. The van der Waals surface area contributed by atoms with Crippen LogP contribution in [0, 0.1) is 10.1 Å². The summed E-state index contributed by atoms with van der Waals surface area (Å²) in [6.07, 6.45) is 3.88. The lowest BCUT2D eigenvalue weighted by Crippen LogP contribution is -3.00. The maximum absolute atomic E-state index is 10.5. The normalized spacial score (nSPS) is 9.47. The van der Waals surface area contributed by atoms with Crippen molar-refractivity contribution in [1.29, 1.82) is 0 Å². The zero-order valence-corrected chi connectivity index (χ0v) is 11.4. The highest BCUT2D eigenvalue weighted by atomic mass is 127. The Kier molecular flexibility index (Phi) is 4.56. The van der Waals surface area contributed by atoms with Gasteiger partial charge in [-0.15, -0.1) is 0 Å². The number of pyridine rings is 1. The fourth-order valence-electron chi connectivity index (χ4n) is 1.47. The molecular weight excluding hydrogens is 331 g/mol. The third kappa shape index (κ3) is 3.23. The van der Waals surface area contributed by atoms with Gasteiger partial charge in [-0.1, -0.05) is 0 Å². The van der Waals surface area contributed by atoms with Gasteiger partial charge in [-0.2, -0.15) is 0 Å². The van der Waals surface area contributed by atoms with Crippen LogP contribution in [0.1, 0.15) is 0 Å². The Hall–Kier alpha value is -1.50. The third-order valence-electron chi connectivity index (χ3n) is 2.39. The second-order valence-electron chi connectivity index (χ2n) is 3.56. The van der Waals surface area contributed by atoms with Crippen LogP contribution in [0.3, 0.4) is 0 Å². The molecule has 0 radical (unpaired) electrons. The van der Waals surface area contributed by atoms with Crippen LogP contribution in [0.15, 0.2) is 48.8 Å². The average Bonchev–Trinajstić information content (AvgIpc) is 2.30. The topological polar surface area (TPSA) is 47.0 Å². The SMILES string of the molecule is C[n+]1ccc(-c2ccc([N+](=O)[O-])cc2)cc1.[I-]. The van der Waals surface area contributed by atoms with Gasteiger partial charge in [-0.05, 0) is 23.3 Å². The van der Waals surface area contributed by atoms with Crippen LogP contribution in [0.2, 0.25) is 0 Å². The summed E-state index contributed by atoms with van der Waals surface area (Å²) >= 11 is 0. The number of rotatable bonds is 2. The molecule has 0 aliphatic heterocycles. The molecule has 0 amide bonds. The highest BCUT2D eigenvalue weighted by molar-refractivity contribution is 5.63. The number of hydrogen-bond acceptors (Lipinski definition) is 2. The zero-order chi connectivity index (χ0) is 11.5. The fourth-order valence-corrected chi connectivity index (χ4v) is 1.47. The summed E-state index contributed by atoms with van der Waals surface area (Å²) in [6.45, 7) is 0. The van der Waals surface area contributed by atoms with Crippen molar-refractivity contribution in [3.8, 4) is 11.1 Å². The smallest absolute Gasteiger partial charge is 0.269 e. The van der Waals surface area contributed by atoms with Crippen LogP contribution in [-0.2, 0) is 7.05 Å². The molecule has 17 heavy (non-hydrogen) atoms. The Morgan fingerprint density at radius 3 is 1.94 bits per heavy atom. The molecule has 0 atom stereocenters. The first-order valence-corrected chi connectivity index (χ1v) is 4.87. The van der Waals surface area contributed by atoms with E-state index in [2.05, 4.69) is 0 Å². The van der Waals surface area contributed by atoms with E-state index in [1.807, 2.05) is 36.1 Å². The standard InChI is InChI=1S/C12H11N2O2.HI/c1-13-8-6-11(7-9-13)10-2-4-12(5-3-10)14(15)16;/h2-9H,1H3;1H/q+1;/p-1. The van der Waals surface area contributed by atoms with Crippen molar-refractivity contribution >= 4 is 5.69 Å². The molecule has 0 aliphatic rings. The number of non-ortho nitro benzene ring substituents is 1. The first-order valence-electron chi connectivity index (χ1n) is 4.87. The Morgan fingerprint density at radius 2 is 1.47 bits per heavy atom. The second kappa shape index (κ2) is 5.72. The van der Waals surface area contributed by atoms with Gasteiger partial charge in [0, 0.05) is 24.3 Å². The first kappa shape index (κ1) is 13.6. The quantitative estimate of drug-likeness (QED) is 0.307. The van der Waals surface area contributed by atoms with Crippen LogP contribution < -0.4 is 28.5 Å². The van der Waals surface area contributed by atoms with Crippen LogP contribution in [0.4, 0.5) is 5.69 Å². The van der Waals surface area contributed by atoms with Crippen molar-refractivity contribution in [2.24, 2.45) is 7.05 Å². The molecule has 0 saturated heterocycles. The highest BCUT2D eigenvalue weighted by Crippen LogP contribution is 2.20. The Balaban J connectivity index is 0.00000144. The number of halogens is 1. The van der Waals surface area contributed by atoms with E-state index in [0.29, 0.717) is 0 Å². The molecule has 0 aliphatic carbocycles. The minimum atomic E-state index is -0.394. The van der Waals surface area contributed by atoms with Gasteiger partial charge in [0.15, 0.2) is 12.4 Å². The average molecular weight is 342 g/mol. The van der Waals surface area contributed by atoms with Crippen molar-refractivity contribution < 1.29 is 33.5 Å². The summed E-state index contributed by atoms with van der Waals surface area (Å²) in [6, 6.07) is 10.5. The van der Waals surface area contributed by atoms with E-state index >= 15 is 0 Å². The van der Waals surface area contributed by atoms with E-state index in [1.54, 1.807) is 12.1 Å². The first-order chi connectivity index (χ1) is 7.66. The van der Waals surface area contributed by atoms with Crippen molar-refractivity contribution in [3.63, 3.8) is 0 Å². The molecule has 0 saturated carbocycles. The summed E-state index contributed by atoms with van der Waals surface area (Å²) < 4.78 is 1.94. The minimum absolute atomic E-state index is 0. The largest absolute Gasteiger partial charge is 1.00 e. The molecule has 88 valence electrons. The van der Waals surface area contributed by atoms with Crippen LogP contribution in [-0.4, -0.2) is 4.92 Å². The molecule has 1 heterocycles. The maximum Gasteiger partial charge on any atom is 0.269 e. The van der Waals surface area contributed by atoms with Crippen molar-refractivity contribution in [1.82, 2.24) is 0 Å². The van der Waals surface area contributed by atoms with Gasteiger partial charge in [0.1, 0.15) is 7.05 Å². The molecular formula is C12H11IN2O2. The number of hydrogen-bond donors (Lipinski definition) is 0. The lowest BCUT2D eigenvalue weighted by molar-refractivity contribution is -0.671. The summed E-state index contributed by atoms with van der Waals surface area (Å²) in [5.41, 5.74) is 2.14. The Bertz CT molecular complexity index is 509. The fraction of sp³-hybridized carbons (Fsp3) is 0.0833. The maximum atomic E-state index is 10.5. The lowest BCUT2D eigenvalue weighted by Gasteiger charge is -1.99. The molecule has 0 unspecified atom stereocenters. The Labute approximate surface area is 116 Å². The van der Waals surface area contributed by atoms with Crippen molar-refractivity contribution in [2.75, 3.05) is 0 Å². The highest BCUT2D eigenvalue weighted by Gasteiger charge is 2.05. The molecule has 0 spiro atoms. The van der Waals surface area contributed by atoms with E-state index in [1.165, 1.54) is 12.1 Å². The van der Waals surface area contributed by atoms with Crippen molar-refractivity contribution in [3.05, 3.63) is 58.9 Å². The van der Waals surface area contributed by atoms with Gasteiger partial charge in [-0.3, -0.25) is 10.1 Å². The number of aromatic nitrogens is 1. The van der Waals surface area contributed by atoms with E-state index in [0.717, 1.165) is 11.1 Å². The number of nitro groups is 1. The molecule has 0 bridgehead atoms. The van der Waals surface area contributed by atoms with Gasteiger partial charge < -0.3 is 24.0 Å². The van der Waals surface area contributed by atoms with E-state index < -0.39 is 4.92 Å². The molecule has 4 nitrogen and oxygen atoms in total. The van der Waals surface area contributed by atoms with Gasteiger partial charge in [0.2, 0.25) is 0 Å². The predicted molar refractivity (Wildman–Crippen MR) is 59.7 cm³/mol. The van der Waals surface area contributed by atoms with E-state index in [4.69, 9.17) is 0 Å². The summed E-state index contributed by atoms with van der Waals surface area (Å²) in [7, 11) is 1.94. The van der Waals surface area contributed by atoms with Crippen molar-refractivity contribution in [2.45, 2.75) is 0 Å². The van der Waals surface area contributed by atoms with Gasteiger partial charge in [0.05, 0.1) is 4.92 Å². The molecule has 0 N–H and O–H groups in total. The number of nitrogens with zero attached hydrogens (tertiary/aromatic N) is 2. The minimum Gasteiger partial charge on any atom is -1.00 e. The lowest BCUT2D eigenvalue weighted by atomic mass is 10.1. The molecule has 2 aromatic rings. The molecule has 1 aromatic carbocycles. The van der Waals surface area contributed by atoms with Crippen LogP contribution >= 0.6 is 0 Å². The zero-order valence-electron chi connectivity index (χ0n) is 9.21. The molecule has 2 rings (SSSR count). The van der Waals surface area contributed by atoms with E-state index in [-0.39, 0.29) is 29.7 Å². The summed E-state index contributed by atoms with van der Waals surface area (Å²) in [5.74, 6) is 0. The Morgan fingerprint density at radius 1 is 1.00 bits per heavy atom.